The number of rotatable bonds is 11. The molecule has 1 aliphatic rings. The molecule has 0 bridgehead atoms. The first kappa shape index (κ1) is 25.8. The molecule has 8 heteroatoms. The van der Waals surface area contributed by atoms with Gasteiger partial charge in [-0.25, -0.2) is 9.37 Å². The second kappa shape index (κ2) is 12.2. The van der Waals surface area contributed by atoms with Crippen LogP contribution in [0.1, 0.15) is 56.2 Å². The Morgan fingerprint density at radius 1 is 0.947 bits per heavy atom. The largest absolute Gasteiger partial charge is 0.384 e. The molecule has 3 heterocycles. The number of aryl methyl sites for hydroxylation is 1. The van der Waals surface area contributed by atoms with E-state index in [9.17, 15) is 9.18 Å². The van der Waals surface area contributed by atoms with Crippen LogP contribution >= 0.6 is 0 Å². The first-order chi connectivity index (χ1) is 18.6. The van der Waals surface area contributed by atoms with E-state index in [-0.39, 0.29) is 11.1 Å². The summed E-state index contributed by atoms with van der Waals surface area (Å²) in [6.07, 6.45) is 12.8. The van der Waals surface area contributed by atoms with Crippen molar-refractivity contribution in [2.75, 3.05) is 23.7 Å². The van der Waals surface area contributed by atoms with E-state index in [2.05, 4.69) is 44.9 Å². The van der Waals surface area contributed by atoms with Gasteiger partial charge >= 0.3 is 0 Å². The van der Waals surface area contributed by atoms with Crippen molar-refractivity contribution >= 4 is 22.5 Å². The van der Waals surface area contributed by atoms with Gasteiger partial charge in [0.05, 0.1) is 17.4 Å². The van der Waals surface area contributed by atoms with Crippen LogP contribution in [0.3, 0.4) is 0 Å². The smallest absolute Gasteiger partial charge is 0.255 e. The van der Waals surface area contributed by atoms with Crippen LogP contribution in [0.2, 0.25) is 0 Å². The van der Waals surface area contributed by atoms with Gasteiger partial charge < -0.3 is 10.6 Å². The third kappa shape index (κ3) is 5.85. The molecule has 3 aromatic heterocycles. The highest BCUT2D eigenvalue weighted by Crippen LogP contribution is 2.33. The third-order valence-corrected chi connectivity index (χ3v) is 7.29. The number of fused-ring (bicyclic) bond motifs is 2. The van der Waals surface area contributed by atoms with Gasteiger partial charge in [-0.2, -0.15) is 0 Å². The number of hydrogen-bond acceptors (Lipinski definition) is 6. The van der Waals surface area contributed by atoms with Gasteiger partial charge in [-0.05, 0) is 56.2 Å². The maximum atomic E-state index is 14.1. The first-order valence-electron chi connectivity index (χ1n) is 13.7. The molecular weight excluding hydrogens is 479 g/mol. The van der Waals surface area contributed by atoms with Crippen molar-refractivity contribution in [2.45, 2.75) is 57.8 Å². The first-order valence-corrected chi connectivity index (χ1v) is 13.7. The average molecular weight is 515 g/mol. The molecule has 5 rings (SSSR count). The zero-order valence-corrected chi connectivity index (χ0v) is 22.0. The summed E-state index contributed by atoms with van der Waals surface area (Å²) in [5.41, 5.74) is 5.42. The van der Waals surface area contributed by atoms with Crippen LogP contribution < -0.4 is 16.2 Å². The van der Waals surface area contributed by atoms with E-state index < -0.39 is 5.82 Å². The maximum Gasteiger partial charge on any atom is 0.255 e. The Kier molecular flexibility index (Phi) is 8.26. The molecule has 0 unspecified atom stereocenters. The van der Waals surface area contributed by atoms with Gasteiger partial charge in [-0.3, -0.25) is 19.3 Å². The van der Waals surface area contributed by atoms with E-state index in [1.165, 1.54) is 58.1 Å². The minimum Gasteiger partial charge on any atom is -0.384 e. The minimum absolute atomic E-state index is 0.232. The number of pyridine rings is 2. The summed E-state index contributed by atoms with van der Waals surface area (Å²) in [4.78, 5) is 25.5. The van der Waals surface area contributed by atoms with E-state index in [1.54, 1.807) is 7.05 Å². The Morgan fingerprint density at radius 2 is 1.71 bits per heavy atom. The van der Waals surface area contributed by atoms with Gasteiger partial charge in [0.1, 0.15) is 0 Å². The topological polar surface area (TPSA) is 84.7 Å². The molecule has 1 aromatic carbocycles. The van der Waals surface area contributed by atoms with Crippen LogP contribution in [-0.4, -0.2) is 32.6 Å². The zero-order valence-electron chi connectivity index (χ0n) is 22.0. The Morgan fingerprint density at radius 3 is 2.55 bits per heavy atom. The van der Waals surface area contributed by atoms with Crippen molar-refractivity contribution in [3.8, 4) is 11.3 Å². The molecule has 0 amide bonds. The van der Waals surface area contributed by atoms with Crippen LogP contribution in [0.25, 0.3) is 22.2 Å². The van der Waals surface area contributed by atoms with Crippen LogP contribution in [0, 0.1) is 5.82 Å². The molecule has 38 heavy (non-hydrogen) atoms. The number of nitrogens with one attached hydrogen (secondary N) is 2. The van der Waals surface area contributed by atoms with Crippen LogP contribution in [0.15, 0.2) is 53.6 Å². The maximum absolute atomic E-state index is 14.1. The lowest BCUT2D eigenvalue weighted by atomic mass is 9.92. The molecule has 0 saturated heterocycles. The van der Waals surface area contributed by atoms with Crippen LogP contribution in [-0.2, 0) is 19.9 Å². The molecule has 0 fully saturated rings. The van der Waals surface area contributed by atoms with Crippen molar-refractivity contribution in [3.63, 3.8) is 0 Å². The Bertz CT molecular complexity index is 1470. The molecule has 0 atom stereocenters. The highest BCUT2D eigenvalue weighted by molar-refractivity contribution is 5.93. The van der Waals surface area contributed by atoms with Crippen molar-refractivity contribution in [3.05, 3.63) is 76.2 Å². The monoisotopic (exact) mass is 514 g/mol. The Hall–Kier alpha value is -3.81. The van der Waals surface area contributed by atoms with Gasteiger partial charge in [-0.1, -0.05) is 37.5 Å². The van der Waals surface area contributed by atoms with Crippen molar-refractivity contribution in [1.29, 1.82) is 0 Å². The lowest BCUT2D eigenvalue weighted by molar-refractivity contribution is 0.623. The van der Waals surface area contributed by atoms with E-state index in [0.29, 0.717) is 18.2 Å². The zero-order chi connectivity index (χ0) is 26.3. The molecular formula is C30H35FN6O. The second-order valence-electron chi connectivity index (χ2n) is 9.98. The fraction of sp³-hybridized carbons (Fsp3) is 0.400. The van der Waals surface area contributed by atoms with E-state index in [4.69, 9.17) is 4.98 Å². The van der Waals surface area contributed by atoms with Crippen LogP contribution in [0.5, 0.6) is 0 Å². The normalized spacial score (nSPS) is 12.9. The fourth-order valence-electron chi connectivity index (χ4n) is 5.19. The summed E-state index contributed by atoms with van der Waals surface area (Å²) in [7, 11) is 1.67. The molecule has 4 aromatic rings. The Balaban J connectivity index is 1.07. The lowest BCUT2D eigenvalue weighted by Crippen LogP contribution is -2.22. The number of nitrogens with zero attached hydrogens (tertiary/aromatic N) is 4. The molecule has 1 aliphatic carbocycles. The van der Waals surface area contributed by atoms with Crippen molar-refractivity contribution in [1.82, 2.24) is 19.5 Å². The number of benzene rings is 1. The molecule has 0 spiro atoms. The summed E-state index contributed by atoms with van der Waals surface area (Å²) in [6.45, 7) is 1.67. The predicted octanol–water partition coefficient (Wildman–Crippen LogP) is 5.88. The molecule has 7 nitrogen and oxygen atoms in total. The fourth-order valence-corrected chi connectivity index (χ4v) is 5.19. The van der Waals surface area contributed by atoms with Gasteiger partial charge in [0, 0.05) is 54.7 Å². The summed E-state index contributed by atoms with van der Waals surface area (Å²) < 4.78 is 15.6. The third-order valence-electron chi connectivity index (χ3n) is 7.29. The van der Waals surface area contributed by atoms with E-state index >= 15 is 0 Å². The lowest BCUT2D eigenvalue weighted by Gasteiger charge is -2.21. The number of aromatic nitrogens is 4. The van der Waals surface area contributed by atoms with Gasteiger partial charge in [0.2, 0.25) is 5.95 Å². The number of halogens is 1. The molecule has 0 saturated carbocycles. The summed E-state index contributed by atoms with van der Waals surface area (Å²) >= 11 is 0. The molecule has 2 N–H and O–H groups in total. The SMILES string of the molecule is Cn1c(NCCCCCCCNc2c3c(nc4ccccc24)CCCC3)nc(-c2ccncc2F)cc1=O. The predicted molar refractivity (Wildman–Crippen MR) is 151 cm³/mol. The number of unbranched alkanes of at least 4 members (excludes halogenated alkanes) is 4. The van der Waals surface area contributed by atoms with Gasteiger partial charge in [0.25, 0.3) is 5.56 Å². The van der Waals surface area contributed by atoms with E-state index in [0.717, 1.165) is 63.2 Å². The molecule has 0 aliphatic heterocycles. The standard InChI is InChI=1S/C30H35FN6O/c1-37-28(38)19-27(21-15-18-32-20-24(21)31)36-30(37)34-17-10-4-2-3-9-16-33-29-22-11-5-7-13-25(22)35-26-14-8-6-12-23(26)29/h5,7,11,13,15,18-20H,2-4,6,8-10,12,14,16-17H2,1H3,(H,33,35)(H,34,36). The molecule has 198 valence electrons. The Labute approximate surface area is 222 Å². The van der Waals surface area contributed by atoms with Gasteiger partial charge in [-0.15, -0.1) is 0 Å². The number of para-hydroxylation sites is 1. The second-order valence-corrected chi connectivity index (χ2v) is 9.98. The molecule has 0 radical (unpaired) electrons. The van der Waals surface area contributed by atoms with Crippen LogP contribution in [0.4, 0.5) is 16.0 Å². The van der Waals surface area contributed by atoms with E-state index in [1.807, 2.05) is 0 Å². The quantitative estimate of drug-likeness (QED) is 0.243. The summed E-state index contributed by atoms with van der Waals surface area (Å²) in [5.74, 6) is -0.0495. The van der Waals surface area contributed by atoms with Crippen molar-refractivity contribution in [2.24, 2.45) is 7.05 Å². The van der Waals surface area contributed by atoms with Gasteiger partial charge in [0.15, 0.2) is 5.82 Å². The minimum atomic E-state index is -0.495. The van der Waals surface area contributed by atoms with Crippen molar-refractivity contribution < 1.29 is 4.39 Å². The average Bonchev–Trinajstić information content (AvgIpc) is 2.94. The summed E-state index contributed by atoms with van der Waals surface area (Å²) in [6, 6.07) is 11.3. The number of anilines is 2. The number of hydrogen-bond donors (Lipinski definition) is 2. The highest BCUT2D eigenvalue weighted by atomic mass is 19.1. The summed E-state index contributed by atoms with van der Waals surface area (Å²) in [5, 5.41) is 8.23. The highest BCUT2D eigenvalue weighted by Gasteiger charge is 2.17.